The Morgan fingerprint density at radius 3 is 2.60 bits per heavy atom. The van der Waals surface area contributed by atoms with E-state index in [2.05, 4.69) is 20.5 Å². The van der Waals surface area contributed by atoms with Crippen molar-refractivity contribution in [3.63, 3.8) is 0 Å². The van der Waals surface area contributed by atoms with Crippen LogP contribution in [0.1, 0.15) is 22.6 Å². The van der Waals surface area contributed by atoms with Gasteiger partial charge in [0.05, 0.1) is 16.9 Å². The van der Waals surface area contributed by atoms with Crippen LogP contribution in [-0.4, -0.2) is 36.8 Å². The number of hydrogen-bond acceptors (Lipinski definition) is 4. The molecule has 2 aromatic carbocycles. The summed E-state index contributed by atoms with van der Waals surface area (Å²) in [6.45, 7) is 0.805. The first-order valence-electron chi connectivity index (χ1n) is 10.7. The first-order chi connectivity index (χ1) is 16.8. The number of hydrogen-bond donors (Lipinski definition) is 1. The van der Waals surface area contributed by atoms with Crippen molar-refractivity contribution in [2.45, 2.75) is 19.1 Å². The van der Waals surface area contributed by atoms with Crippen molar-refractivity contribution in [3.8, 4) is 11.3 Å². The fourth-order valence-electron chi connectivity index (χ4n) is 3.78. The number of aryl methyl sites for hydroxylation is 1. The topological polar surface area (TPSA) is 77.1 Å². The van der Waals surface area contributed by atoms with Gasteiger partial charge in [0.1, 0.15) is 0 Å². The lowest BCUT2D eigenvalue weighted by Crippen LogP contribution is -2.26. The zero-order valence-corrected chi connectivity index (χ0v) is 18.9. The van der Waals surface area contributed by atoms with Gasteiger partial charge in [0.15, 0.2) is 17.0 Å². The molecule has 0 aliphatic carbocycles. The maximum Gasteiger partial charge on any atom is 0.433 e. The van der Waals surface area contributed by atoms with Crippen LogP contribution < -0.4 is 5.32 Å². The van der Waals surface area contributed by atoms with Crippen LogP contribution in [0.4, 0.5) is 13.2 Å². The van der Waals surface area contributed by atoms with Crippen LogP contribution in [0.25, 0.3) is 27.7 Å². The summed E-state index contributed by atoms with van der Waals surface area (Å²) >= 11 is 5.81. The third-order valence-electron chi connectivity index (χ3n) is 5.45. The summed E-state index contributed by atoms with van der Waals surface area (Å²) in [6.07, 6.45) is -0.982. The minimum atomic E-state index is -4.70. The van der Waals surface area contributed by atoms with Gasteiger partial charge < -0.3 is 5.32 Å². The number of amides is 1. The highest BCUT2D eigenvalue weighted by Gasteiger charge is 2.35. The molecule has 35 heavy (non-hydrogen) atoms. The number of nitrogens with one attached hydrogen (secondary N) is 1. The molecule has 0 fully saturated rings. The Morgan fingerprint density at radius 1 is 1.06 bits per heavy atom. The standard InChI is InChI=1S/C24H18ClF3N6O/c25-18-13-30-33(14-18)9-3-8-29-23(35)20-12-22-31-19(11-21(24(26,27)28)34(22)32-20)17-7-6-15-4-1-2-5-16(15)10-17/h1-2,4-7,10-14H,3,8-9H2,(H,29,35). The molecule has 0 atom stereocenters. The van der Waals surface area contributed by atoms with Gasteiger partial charge in [-0.15, -0.1) is 0 Å². The van der Waals surface area contributed by atoms with E-state index in [0.717, 1.165) is 16.8 Å². The molecule has 0 saturated carbocycles. The number of halogens is 4. The predicted octanol–water partition coefficient (Wildman–Crippen LogP) is 5.24. The van der Waals surface area contributed by atoms with E-state index in [9.17, 15) is 18.0 Å². The molecule has 3 heterocycles. The highest BCUT2D eigenvalue weighted by molar-refractivity contribution is 6.30. The third kappa shape index (κ3) is 4.83. The van der Waals surface area contributed by atoms with Crippen LogP contribution in [0.3, 0.4) is 0 Å². The molecule has 0 saturated heterocycles. The molecule has 5 rings (SSSR count). The quantitative estimate of drug-likeness (QED) is 0.325. The predicted molar refractivity (Wildman–Crippen MR) is 125 cm³/mol. The normalized spacial score (nSPS) is 11.9. The molecule has 0 radical (unpaired) electrons. The van der Waals surface area contributed by atoms with E-state index in [1.807, 2.05) is 30.3 Å². The largest absolute Gasteiger partial charge is 0.433 e. The molecule has 7 nitrogen and oxygen atoms in total. The molecule has 1 N–H and O–H groups in total. The minimum absolute atomic E-state index is 0.0701. The first-order valence-corrected chi connectivity index (χ1v) is 11.1. The summed E-state index contributed by atoms with van der Waals surface area (Å²) in [7, 11) is 0. The molecule has 178 valence electrons. The van der Waals surface area contributed by atoms with Gasteiger partial charge in [0.2, 0.25) is 0 Å². The van der Waals surface area contributed by atoms with E-state index in [0.29, 0.717) is 28.1 Å². The SMILES string of the molecule is O=C(NCCCn1cc(Cl)cn1)c1cc2nc(-c3ccc4ccccc4c3)cc(C(F)(F)F)n2n1. The van der Waals surface area contributed by atoms with E-state index in [1.165, 1.54) is 12.3 Å². The Labute approximate surface area is 202 Å². The number of fused-ring (bicyclic) bond motifs is 2. The maximum absolute atomic E-state index is 13.9. The summed E-state index contributed by atoms with van der Waals surface area (Å²) in [5, 5.41) is 13.0. The molecular formula is C24H18ClF3N6O. The molecule has 5 aromatic rings. The van der Waals surface area contributed by atoms with Crippen LogP contribution in [0.15, 0.2) is 67.0 Å². The fourth-order valence-corrected chi connectivity index (χ4v) is 3.93. The number of rotatable bonds is 6. The van der Waals surface area contributed by atoms with Gasteiger partial charge in [-0.3, -0.25) is 9.48 Å². The molecule has 0 unspecified atom stereocenters. The molecule has 0 bridgehead atoms. The Kier molecular flexibility index (Phi) is 5.89. The second-order valence-electron chi connectivity index (χ2n) is 7.92. The Morgan fingerprint density at radius 2 is 1.86 bits per heavy atom. The lowest BCUT2D eigenvalue weighted by atomic mass is 10.0. The van der Waals surface area contributed by atoms with Crippen molar-refractivity contribution in [2.75, 3.05) is 6.54 Å². The number of aromatic nitrogens is 5. The lowest BCUT2D eigenvalue weighted by Gasteiger charge is -2.11. The highest BCUT2D eigenvalue weighted by atomic mass is 35.5. The monoisotopic (exact) mass is 498 g/mol. The fraction of sp³-hybridized carbons (Fsp3) is 0.167. The van der Waals surface area contributed by atoms with Crippen LogP contribution in [0, 0.1) is 0 Å². The average molecular weight is 499 g/mol. The van der Waals surface area contributed by atoms with Gasteiger partial charge >= 0.3 is 6.18 Å². The molecular weight excluding hydrogens is 481 g/mol. The molecule has 0 aliphatic rings. The summed E-state index contributed by atoms with van der Waals surface area (Å²) in [5.74, 6) is -0.589. The van der Waals surface area contributed by atoms with Gasteiger partial charge in [-0.2, -0.15) is 23.4 Å². The highest BCUT2D eigenvalue weighted by Crippen LogP contribution is 2.33. The van der Waals surface area contributed by atoms with Crippen LogP contribution in [0.5, 0.6) is 0 Å². The van der Waals surface area contributed by atoms with E-state index >= 15 is 0 Å². The molecule has 0 spiro atoms. The number of nitrogens with zero attached hydrogens (tertiary/aromatic N) is 5. The van der Waals surface area contributed by atoms with Crippen LogP contribution in [-0.2, 0) is 12.7 Å². The zero-order chi connectivity index (χ0) is 24.6. The zero-order valence-electron chi connectivity index (χ0n) is 18.1. The molecule has 0 aliphatic heterocycles. The summed E-state index contributed by atoms with van der Waals surface area (Å²) in [5.41, 5.74) is -0.566. The van der Waals surface area contributed by atoms with Gasteiger partial charge in [-0.1, -0.05) is 48.0 Å². The van der Waals surface area contributed by atoms with Crippen molar-refractivity contribution < 1.29 is 18.0 Å². The number of carbonyl (C=O) groups excluding carboxylic acids is 1. The van der Waals surface area contributed by atoms with E-state index in [-0.39, 0.29) is 23.6 Å². The molecule has 3 aromatic heterocycles. The van der Waals surface area contributed by atoms with Gasteiger partial charge in [0, 0.05) is 30.9 Å². The Bertz CT molecular complexity index is 1540. The smallest absolute Gasteiger partial charge is 0.351 e. The molecule has 11 heteroatoms. The van der Waals surface area contributed by atoms with Gasteiger partial charge in [0.25, 0.3) is 5.91 Å². The number of benzene rings is 2. The van der Waals surface area contributed by atoms with Gasteiger partial charge in [-0.25, -0.2) is 9.50 Å². The van der Waals surface area contributed by atoms with E-state index in [4.69, 9.17) is 11.6 Å². The molecule has 1 amide bonds. The maximum atomic E-state index is 13.9. The van der Waals surface area contributed by atoms with E-state index in [1.54, 1.807) is 23.0 Å². The minimum Gasteiger partial charge on any atom is -0.351 e. The second kappa shape index (κ2) is 9.03. The third-order valence-corrected chi connectivity index (χ3v) is 5.64. The summed E-state index contributed by atoms with van der Waals surface area (Å²) in [6, 6.07) is 15.1. The second-order valence-corrected chi connectivity index (χ2v) is 8.35. The number of alkyl halides is 3. The van der Waals surface area contributed by atoms with Crippen molar-refractivity contribution >= 4 is 33.9 Å². The summed E-state index contributed by atoms with van der Waals surface area (Å²) < 4.78 is 43.9. The Balaban J connectivity index is 1.42. The van der Waals surface area contributed by atoms with Crippen LogP contribution >= 0.6 is 11.6 Å². The van der Waals surface area contributed by atoms with Crippen LogP contribution in [0.2, 0.25) is 5.02 Å². The van der Waals surface area contributed by atoms with Crippen molar-refractivity contribution in [1.29, 1.82) is 0 Å². The number of carbonyl (C=O) groups is 1. The Hall–Kier alpha value is -3.92. The van der Waals surface area contributed by atoms with Crippen molar-refractivity contribution in [3.05, 3.63) is 83.4 Å². The average Bonchev–Trinajstić information content (AvgIpc) is 3.46. The van der Waals surface area contributed by atoms with Gasteiger partial charge in [-0.05, 0) is 29.3 Å². The lowest BCUT2D eigenvalue weighted by molar-refractivity contribution is -0.142. The van der Waals surface area contributed by atoms with Crippen molar-refractivity contribution in [1.82, 2.24) is 29.7 Å². The first kappa shape index (κ1) is 22.9. The van der Waals surface area contributed by atoms with Crippen molar-refractivity contribution in [2.24, 2.45) is 0 Å². The summed E-state index contributed by atoms with van der Waals surface area (Å²) in [4.78, 5) is 16.9. The van der Waals surface area contributed by atoms with E-state index < -0.39 is 17.8 Å².